The van der Waals surface area contributed by atoms with Crippen LogP contribution in [0.5, 0.6) is 0 Å². The molecule has 0 aromatic carbocycles. The van der Waals surface area contributed by atoms with Crippen molar-refractivity contribution >= 4 is 15.9 Å². The molecule has 0 unspecified atom stereocenters. The molecule has 1 saturated carbocycles. The van der Waals surface area contributed by atoms with E-state index in [1.807, 2.05) is 12.4 Å². The maximum atomic E-state index is 4.07. The Balaban J connectivity index is 1.90. The second-order valence-electron chi connectivity index (χ2n) is 4.45. The van der Waals surface area contributed by atoms with Gasteiger partial charge in [-0.2, -0.15) is 0 Å². The molecule has 1 aliphatic rings. The molecule has 0 spiro atoms. The highest BCUT2D eigenvalue weighted by Gasteiger charge is 2.24. The number of pyridine rings is 1. The van der Waals surface area contributed by atoms with Gasteiger partial charge in [-0.15, -0.1) is 0 Å². The fourth-order valence-electron chi connectivity index (χ4n) is 2.13. The maximum absolute atomic E-state index is 4.07. The number of hydrogen-bond acceptors (Lipinski definition) is 2. The number of hydrogen-bond donors (Lipinski definition) is 0. The molecule has 1 heterocycles. The Labute approximate surface area is 106 Å². The fourth-order valence-corrected chi connectivity index (χ4v) is 2.38. The van der Waals surface area contributed by atoms with Crippen molar-refractivity contribution in [3.63, 3.8) is 0 Å². The van der Waals surface area contributed by atoms with E-state index in [-0.39, 0.29) is 0 Å². The summed E-state index contributed by atoms with van der Waals surface area (Å²) in [5.41, 5.74) is 1.39. The predicted octanol–water partition coefficient (Wildman–Crippen LogP) is 3.22. The summed E-state index contributed by atoms with van der Waals surface area (Å²) in [6.07, 6.45) is 9.19. The second kappa shape index (κ2) is 6.36. The van der Waals surface area contributed by atoms with Crippen molar-refractivity contribution in [1.29, 1.82) is 0 Å². The van der Waals surface area contributed by atoms with E-state index in [2.05, 4.69) is 37.9 Å². The van der Waals surface area contributed by atoms with E-state index >= 15 is 0 Å². The minimum absolute atomic E-state index is 0.826. The van der Waals surface area contributed by atoms with Gasteiger partial charge in [0.2, 0.25) is 0 Å². The summed E-state index contributed by atoms with van der Waals surface area (Å²) < 4.78 is 0. The molecule has 0 atom stereocenters. The van der Waals surface area contributed by atoms with E-state index in [0.717, 1.165) is 17.9 Å². The first-order valence-electron chi connectivity index (χ1n) is 6.09. The lowest BCUT2D eigenvalue weighted by Gasteiger charge is -2.37. The van der Waals surface area contributed by atoms with Crippen LogP contribution < -0.4 is 0 Å². The Hall–Kier alpha value is -0.410. The van der Waals surface area contributed by atoms with E-state index in [0.29, 0.717) is 0 Å². The van der Waals surface area contributed by atoms with Crippen LogP contribution in [0.3, 0.4) is 0 Å². The van der Waals surface area contributed by atoms with Crippen molar-refractivity contribution in [3.05, 3.63) is 30.1 Å². The molecule has 88 valence electrons. The lowest BCUT2D eigenvalue weighted by Crippen LogP contribution is -2.40. The third kappa shape index (κ3) is 3.29. The van der Waals surface area contributed by atoms with Crippen molar-refractivity contribution in [2.24, 2.45) is 0 Å². The molecule has 0 saturated heterocycles. The molecule has 0 aliphatic heterocycles. The van der Waals surface area contributed by atoms with Crippen molar-refractivity contribution in [3.8, 4) is 0 Å². The smallest absolute Gasteiger partial charge is 0.0271 e. The third-order valence-electron chi connectivity index (χ3n) is 3.31. The average molecular weight is 283 g/mol. The summed E-state index contributed by atoms with van der Waals surface area (Å²) >= 11 is 3.52. The lowest BCUT2D eigenvalue weighted by molar-refractivity contribution is 0.120. The molecule has 16 heavy (non-hydrogen) atoms. The van der Waals surface area contributed by atoms with Crippen LogP contribution in [-0.4, -0.2) is 27.8 Å². The molecule has 0 amide bonds. The topological polar surface area (TPSA) is 16.1 Å². The van der Waals surface area contributed by atoms with Gasteiger partial charge in [-0.3, -0.25) is 9.88 Å². The Morgan fingerprint density at radius 1 is 1.31 bits per heavy atom. The summed E-state index contributed by atoms with van der Waals surface area (Å²) in [5.74, 6) is 0. The first kappa shape index (κ1) is 12.1. The van der Waals surface area contributed by atoms with Gasteiger partial charge < -0.3 is 0 Å². The number of halogens is 1. The largest absolute Gasteiger partial charge is 0.296 e. The zero-order valence-corrected chi connectivity index (χ0v) is 11.2. The Kier molecular flexibility index (Phi) is 4.79. The normalized spacial score (nSPS) is 16.4. The summed E-state index contributed by atoms with van der Waals surface area (Å²) in [6.45, 7) is 2.29. The molecule has 0 bridgehead atoms. The highest BCUT2D eigenvalue weighted by atomic mass is 79.9. The molecular weight excluding hydrogens is 264 g/mol. The van der Waals surface area contributed by atoms with Gasteiger partial charge in [0.05, 0.1) is 0 Å². The zero-order chi connectivity index (χ0) is 11.2. The minimum Gasteiger partial charge on any atom is -0.296 e. The molecule has 1 aliphatic carbocycles. The molecule has 1 fully saturated rings. The molecule has 0 N–H and O–H groups in total. The minimum atomic E-state index is 0.826. The number of nitrogens with zero attached hydrogens (tertiary/aromatic N) is 2. The van der Waals surface area contributed by atoms with Crippen LogP contribution in [0.25, 0.3) is 0 Å². The van der Waals surface area contributed by atoms with Crippen LogP contribution in [-0.2, 0) is 6.54 Å². The van der Waals surface area contributed by atoms with Gasteiger partial charge in [0, 0.05) is 30.3 Å². The molecule has 2 rings (SSSR count). The maximum Gasteiger partial charge on any atom is 0.0271 e. The van der Waals surface area contributed by atoms with Gasteiger partial charge in [0.1, 0.15) is 0 Å². The van der Waals surface area contributed by atoms with Crippen LogP contribution in [0.4, 0.5) is 0 Å². The molecular formula is C13H19BrN2. The van der Waals surface area contributed by atoms with Gasteiger partial charge in [0.25, 0.3) is 0 Å². The first-order chi connectivity index (χ1) is 7.90. The van der Waals surface area contributed by atoms with E-state index in [1.54, 1.807) is 0 Å². The molecule has 1 aromatic heterocycles. The number of alkyl halides is 1. The standard InChI is InChI=1S/C13H19BrN2/c14-7-2-10-16(13-3-1-4-13)11-12-5-8-15-9-6-12/h5-6,8-9,13H,1-4,7,10-11H2. The van der Waals surface area contributed by atoms with Crippen LogP contribution >= 0.6 is 15.9 Å². The molecule has 3 heteroatoms. The molecule has 0 radical (unpaired) electrons. The first-order valence-corrected chi connectivity index (χ1v) is 7.21. The Bertz CT molecular complexity index is 298. The van der Waals surface area contributed by atoms with Gasteiger partial charge in [-0.1, -0.05) is 22.4 Å². The second-order valence-corrected chi connectivity index (χ2v) is 5.25. The van der Waals surface area contributed by atoms with Crippen LogP contribution in [0.15, 0.2) is 24.5 Å². The number of aromatic nitrogens is 1. The summed E-state index contributed by atoms with van der Waals surface area (Å²) in [6, 6.07) is 5.08. The van der Waals surface area contributed by atoms with E-state index in [4.69, 9.17) is 0 Å². The van der Waals surface area contributed by atoms with Crippen molar-refractivity contribution in [2.45, 2.75) is 38.3 Å². The van der Waals surface area contributed by atoms with Crippen LogP contribution in [0.1, 0.15) is 31.2 Å². The van der Waals surface area contributed by atoms with Crippen molar-refractivity contribution in [1.82, 2.24) is 9.88 Å². The molecule has 1 aromatic rings. The van der Waals surface area contributed by atoms with Gasteiger partial charge >= 0.3 is 0 Å². The average Bonchev–Trinajstić information content (AvgIpc) is 2.25. The van der Waals surface area contributed by atoms with Gasteiger partial charge in [-0.25, -0.2) is 0 Å². The summed E-state index contributed by atoms with van der Waals surface area (Å²) in [4.78, 5) is 6.69. The Morgan fingerprint density at radius 3 is 2.62 bits per heavy atom. The van der Waals surface area contributed by atoms with E-state index < -0.39 is 0 Å². The van der Waals surface area contributed by atoms with Gasteiger partial charge in [0.15, 0.2) is 0 Å². The highest BCUT2D eigenvalue weighted by molar-refractivity contribution is 9.09. The summed E-state index contributed by atoms with van der Waals surface area (Å²) in [7, 11) is 0. The van der Waals surface area contributed by atoms with Crippen molar-refractivity contribution < 1.29 is 0 Å². The zero-order valence-electron chi connectivity index (χ0n) is 9.61. The van der Waals surface area contributed by atoms with E-state index in [9.17, 15) is 0 Å². The third-order valence-corrected chi connectivity index (χ3v) is 3.87. The van der Waals surface area contributed by atoms with Gasteiger partial charge in [-0.05, 0) is 43.5 Å². The van der Waals surface area contributed by atoms with Crippen molar-refractivity contribution in [2.75, 3.05) is 11.9 Å². The lowest BCUT2D eigenvalue weighted by atomic mass is 9.91. The van der Waals surface area contributed by atoms with Crippen LogP contribution in [0, 0.1) is 0 Å². The van der Waals surface area contributed by atoms with E-state index in [1.165, 1.54) is 37.8 Å². The molecule has 2 nitrogen and oxygen atoms in total. The highest BCUT2D eigenvalue weighted by Crippen LogP contribution is 2.26. The fraction of sp³-hybridized carbons (Fsp3) is 0.615. The number of rotatable bonds is 6. The van der Waals surface area contributed by atoms with Crippen LogP contribution in [0.2, 0.25) is 0 Å². The monoisotopic (exact) mass is 282 g/mol. The quantitative estimate of drug-likeness (QED) is 0.745. The summed E-state index contributed by atoms with van der Waals surface area (Å²) in [5, 5.41) is 1.10. The Morgan fingerprint density at radius 2 is 2.06 bits per heavy atom. The SMILES string of the molecule is BrCCCN(Cc1ccncc1)C1CCC1. The predicted molar refractivity (Wildman–Crippen MR) is 70.7 cm³/mol.